The topological polar surface area (TPSA) is 127 Å². The van der Waals surface area contributed by atoms with Crippen LogP contribution in [0.25, 0.3) is 0 Å². The number of hydrogen-bond donors (Lipinski definition) is 0. The van der Waals surface area contributed by atoms with Crippen molar-refractivity contribution in [2.75, 3.05) is 32.9 Å². The van der Waals surface area contributed by atoms with E-state index in [9.17, 15) is 19.2 Å². The van der Waals surface area contributed by atoms with Crippen LogP contribution in [0.15, 0.2) is 30.3 Å². The smallest absolute Gasteiger partial charge is 0.410 e. The van der Waals surface area contributed by atoms with Crippen LogP contribution in [0.5, 0.6) is 0 Å². The Labute approximate surface area is 426 Å². The maximum atomic E-state index is 13.6. The Hall–Kier alpha value is -3.18. The van der Waals surface area contributed by atoms with Gasteiger partial charge in [-0.25, -0.2) is 9.59 Å². The van der Waals surface area contributed by atoms with Crippen molar-refractivity contribution in [3.8, 4) is 0 Å². The van der Waals surface area contributed by atoms with Gasteiger partial charge in [0.25, 0.3) is 0 Å². The number of esters is 3. The van der Waals surface area contributed by atoms with Crippen molar-refractivity contribution in [3.63, 3.8) is 0 Å². The number of likely N-dealkylation sites (tertiary alicyclic amines) is 1. The van der Waals surface area contributed by atoms with E-state index in [-0.39, 0.29) is 43.3 Å². The van der Waals surface area contributed by atoms with Crippen molar-refractivity contribution in [1.29, 1.82) is 0 Å². The maximum Gasteiger partial charge on any atom is 0.410 e. The van der Waals surface area contributed by atoms with E-state index in [1.807, 2.05) is 30.3 Å². The van der Waals surface area contributed by atoms with Crippen LogP contribution >= 0.6 is 0 Å². The van der Waals surface area contributed by atoms with Gasteiger partial charge in [0.05, 0.1) is 19.8 Å². The van der Waals surface area contributed by atoms with E-state index >= 15 is 0 Å². The number of amides is 1. The van der Waals surface area contributed by atoms with Crippen LogP contribution in [0.1, 0.15) is 252 Å². The Morgan fingerprint density at radius 3 is 1.47 bits per heavy atom. The molecule has 2 saturated heterocycles. The number of benzene rings is 1. The molecule has 2 aliphatic rings. The van der Waals surface area contributed by atoms with Crippen LogP contribution in [0, 0.1) is 11.8 Å². The predicted molar refractivity (Wildman–Crippen MR) is 280 cm³/mol. The normalized spacial score (nSPS) is 15.6. The summed E-state index contributed by atoms with van der Waals surface area (Å²) in [5.74, 6) is -0.126. The van der Waals surface area contributed by atoms with Crippen molar-refractivity contribution in [2.45, 2.75) is 271 Å². The van der Waals surface area contributed by atoms with Gasteiger partial charge >= 0.3 is 24.0 Å². The summed E-state index contributed by atoms with van der Waals surface area (Å²) in [6.45, 7) is 11.2. The summed E-state index contributed by atoms with van der Waals surface area (Å²) in [6, 6.07) is 9.62. The number of hydrogen-bond acceptors (Lipinski definition) is 10. The van der Waals surface area contributed by atoms with Gasteiger partial charge in [-0.1, -0.05) is 199 Å². The van der Waals surface area contributed by atoms with Gasteiger partial charge in [0.2, 0.25) is 0 Å². The zero-order chi connectivity index (χ0) is 50.3. The third-order valence-electron chi connectivity index (χ3n) is 14.6. The Bertz CT molecular complexity index is 1410. The van der Waals surface area contributed by atoms with Crippen LogP contribution in [0.3, 0.4) is 0 Å². The second kappa shape index (κ2) is 39.4. The third kappa shape index (κ3) is 28.2. The quantitative estimate of drug-likeness (QED) is 0.0355. The number of ether oxygens (including phenoxy) is 6. The van der Waals surface area contributed by atoms with E-state index in [2.05, 4.69) is 27.7 Å². The summed E-state index contributed by atoms with van der Waals surface area (Å²) in [5.41, 5.74) is 0.934. The van der Waals surface area contributed by atoms with Gasteiger partial charge in [-0.05, 0) is 68.8 Å². The molecule has 0 aromatic heterocycles. The number of rotatable bonds is 42. The largest absolute Gasteiger partial charge is 0.466 e. The molecular weight excluding hydrogens is 883 g/mol. The second-order valence-corrected chi connectivity index (χ2v) is 20.8. The number of carbonyl (C=O) groups excluding carboxylic acids is 4. The second-order valence-electron chi connectivity index (χ2n) is 20.8. The first-order valence-electron chi connectivity index (χ1n) is 29.0. The molecule has 0 N–H and O–H groups in total. The Morgan fingerprint density at radius 2 is 1.00 bits per heavy atom. The van der Waals surface area contributed by atoms with E-state index < -0.39 is 11.9 Å². The molecule has 11 nitrogen and oxygen atoms in total. The third-order valence-corrected chi connectivity index (χ3v) is 14.6. The monoisotopic (exact) mass is 984 g/mol. The predicted octanol–water partition coefficient (Wildman–Crippen LogP) is 15.3. The van der Waals surface area contributed by atoms with E-state index in [4.69, 9.17) is 28.4 Å². The molecule has 11 heteroatoms. The van der Waals surface area contributed by atoms with E-state index in [0.29, 0.717) is 63.8 Å². The Balaban J connectivity index is 1.38. The van der Waals surface area contributed by atoms with Crippen LogP contribution in [0.2, 0.25) is 0 Å². The highest BCUT2D eigenvalue weighted by molar-refractivity contribution is 5.75. The van der Waals surface area contributed by atoms with Crippen molar-refractivity contribution in [3.05, 3.63) is 35.9 Å². The van der Waals surface area contributed by atoms with E-state index in [0.717, 1.165) is 95.5 Å². The molecule has 0 aliphatic carbocycles. The first kappa shape index (κ1) is 61.1. The molecule has 2 heterocycles. The molecule has 0 radical (unpaired) electrons. The number of unbranched alkanes of at least 4 members (excludes halogenated alkanes) is 16. The van der Waals surface area contributed by atoms with Gasteiger partial charge in [0, 0.05) is 38.8 Å². The SMILES string of the molecule is CCCCCC(CCCCC)CCOC(=O)CCCCCCCC(CCCCCCCC(=O)OCCC(CCCCC)CCCCC)OC(=O)[C@@H]1COC2(CCN(C(=O)OCc3ccccc3)CC2)O1. The van der Waals surface area contributed by atoms with Crippen molar-refractivity contribution < 1.29 is 47.6 Å². The van der Waals surface area contributed by atoms with Crippen LogP contribution < -0.4 is 0 Å². The highest BCUT2D eigenvalue weighted by atomic mass is 16.8. The summed E-state index contributed by atoms with van der Waals surface area (Å²) >= 11 is 0. The summed E-state index contributed by atoms with van der Waals surface area (Å²) in [4.78, 5) is 53.2. The van der Waals surface area contributed by atoms with Gasteiger partial charge in [0.15, 0.2) is 11.9 Å². The molecule has 1 aromatic rings. The van der Waals surface area contributed by atoms with Crippen molar-refractivity contribution in [2.24, 2.45) is 11.8 Å². The minimum atomic E-state index is -0.913. The number of nitrogens with zero attached hydrogens (tertiary/aromatic N) is 1. The molecule has 70 heavy (non-hydrogen) atoms. The Kier molecular flexibility index (Phi) is 34.4. The standard InChI is InChI=1S/C59H101NO10/c1-5-9-20-30-50(31-21-10-6-2)40-46-65-55(61)38-28-17-13-15-26-36-53(37-27-16-14-18-29-39-56(62)66-47-41-51(32-22-11-7-3)33-23-12-8-4)69-57(63)54-49-68-59(70-54)42-44-60(45-43-59)58(64)67-48-52-34-24-19-25-35-52/h19,24-25,34-35,50-51,53-54H,5-18,20-23,26-33,36-49H2,1-4H3/t54-/m0/s1. The molecular formula is C59H101NO10. The summed E-state index contributed by atoms with van der Waals surface area (Å²) in [5, 5.41) is 0. The van der Waals surface area contributed by atoms with Crippen molar-refractivity contribution in [1.82, 2.24) is 4.90 Å². The van der Waals surface area contributed by atoms with Gasteiger partial charge in [-0.3, -0.25) is 9.59 Å². The lowest BCUT2D eigenvalue weighted by molar-refractivity contribution is -0.202. The van der Waals surface area contributed by atoms with Gasteiger partial charge < -0.3 is 33.3 Å². The highest BCUT2D eigenvalue weighted by Gasteiger charge is 2.48. The molecule has 402 valence electrons. The average Bonchev–Trinajstić information content (AvgIpc) is 3.78. The zero-order valence-corrected chi connectivity index (χ0v) is 45.0. The fourth-order valence-electron chi connectivity index (χ4n) is 10.0. The van der Waals surface area contributed by atoms with Crippen LogP contribution in [-0.2, 0) is 49.4 Å². The molecule has 1 atom stereocenters. The average molecular weight is 984 g/mol. The number of carbonyl (C=O) groups is 4. The maximum absolute atomic E-state index is 13.6. The van der Waals surface area contributed by atoms with Gasteiger partial charge in [-0.15, -0.1) is 0 Å². The van der Waals surface area contributed by atoms with Crippen molar-refractivity contribution >= 4 is 24.0 Å². The summed E-state index contributed by atoms with van der Waals surface area (Å²) in [6.07, 6.45) is 33.6. The molecule has 0 bridgehead atoms. The summed E-state index contributed by atoms with van der Waals surface area (Å²) < 4.78 is 35.5. The lowest BCUT2D eigenvalue weighted by Crippen LogP contribution is -2.48. The lowest BCUT2D eigenvalue weighted by Gasteiger charge is -2.37. The Morgan fingerprint density at radius 1 is 0.557 bits per heavy atom. The number of piperidine rings is 1. The molecule has 2 aliphatic heterocycles. The molecule has 1 spiro atoms. The zero-order valence-electron chi connectivity index (χ0n) is 45.0. The fourth-order valence-corrected chi connectivity index (χ4v) is 10.0. The van der Waals surface area contributed by atoms with E-state index in [1.54, 1.807) is 4.90 Å². The molecule has 1 aromatic carbocycles. The van der Waals surface area contributed by atoms with Gasteiger partial charge in [0.1, 0.15) is 12.7 Å². The highest BCUT2D eigenvalue weighted by Crippen LogP contribution is 2.35. The fraction of sp³-hybridized carbons (Fsp3) is 0.831. The molecule has 0 saturated carbocycles. The minimum absolute atomic E-state index is 0.0748. The van der Waals surface area contributed by atoms with Crippen LogP contribution in [0.4, 0.5) is 4.79 Å². The summed E-state index contributed by atoms with van der Waals surface area (Å²) in [7, 11) is 0. The molecule has 2 fully saturated rings. The lowest BCUT2D eigenvalue weighted by atomic mass is 9.92. The van der Waals surface area contributed by atoms with Gasteiger partial charge in [-0.2, -0.15) is 0 Å². The van der Waals surface area contributed by atoms with Crippen LogP contribution in [-0.4, -0.2) is 79.8 Å². The molecule has 0 unspecified atom stereocenters. The minimum Gasteiger partial charge on any atom is -0.466 e. The van der Waals surface area contributed by atoms with E-state index in [1.165, 1.54) is 103 Å². The molecule has 1 amide bonds. The first-order valence-corrected chi connectivity index (χ1v) is 29.0. The first-order chi connectivity index (χ1) is 34.2. The molecule has 3 rings (SSSR count).